The molecule has 1 aliphatic carbocycles. The Morgan fingerprint density at radius 3 is 2.81 bits per heavy atom. The lowest BCUT2D eigenvalue weighted by Gasteiger charge is -2.48. The van der Waals surface area contributed by atoms with Gasteiger partial charge in [0.05, 0.1) is 0 Å². The molecule has 2 fully saturated rings. The molecule has 1 heterocycles. The first-order chi connectivity index (χ1) is 7.66. The van der Waals surface area contributed by atoms with Crippen LogP contribution in [0.5, 0.6) is 0 Å². The maximum absolute atomic E-state index is 5.16. The van der Waals surface area contributed by atoms with E-state index in [1.165, 1.54) is 25.9 Å². The SMILES string of the molecule is COCCCN1CC(C)NCC1(C)C1CC1. The van der Waals surface area contributed by atoms with E-state index in [0.717, 1.165) is 25.5 Å². The molecule has 0 aromatic rings. The van der Waals surface area contributed by atoms with E-state index in [1.807, 2.05) is 0 Å². The Bertz CT molecular complexity index is 230. The zero-order valence-electron chi connectivity index (χ0n) is 11.0. The van der Waals surface area contributed by atoms with Gasteiger partial charge in [0.25, 0.3) is 0 Å². The summed E-state index contributed by atoms with van der Waals surface area (Å²) in [6.07, 6.45) is 4.01. The molecule has 16 heavy (non-hydrogen) atoms. The van der Waals surface area contributed by atoms with E-state index in [0.29, 0.717) is 11.6 Å². The Kier molecular flexibility index (Phi) is 3.88. The summed E-state index contributed by atoms with van der Waals surface area (Å²) in [6, 6.07) is 0.634. The second kappa shape index (κ2) is 5.03. The molecule has 2 unspecified atom stereocenters. The van der Waals surface area contributed by atoms with Crippen molar-refractivity contribution in [2.45, 2.75) is 44.7 Å². The number of hydrogen-bond donors (Lipinski definition) is 1. The van der Waals surface area contributed by atoms with Gasteiger partial charge in [-0.25, -0.2) is 0 Å². The third-order valence-corrected chi connectivity index (χ3v) is 4.26. The Hall–Kier alpha value is -0.120. The van der Waals surface area contributed by atoms with E-state index in [9.17, 15) is 0 Å². The maximum atomic E-state index is 5.16. The summed E-state index contributed by atoms with van der Waals surface area (Å²) in [4.78, 5) is 2.70. The minimum atomic E-state index is 0.403. The average molecular weight is 226 g/mol. The van der Waals surface area contributed by atoms with Crippen LogP contribution in [0.15, 0.2) is 0 Å². The first kappa shape index (κ1) is 12.3. The molecule has 2 rings (SSSR count). The molecule has 1 N–H and O–H groups in total. The van der Waals surface area contributed by atoms with E-state index in [1.54, 1.807) is 7.11 Å². The number of methoxy groups -OCH3 is 1. The molecule has 3 nitrogen and oxygen atoms in total. The van der Waals surface area contributed by atoms with Crippen molar-refractivity contribution in [1.29, 1.82) is 0 Å². The molecule has 3 heteroatoms. The van der Waals surface area contributed by atoms with E-state index in [2.05, 4.69) is 24.1 Å². The summed E-state index contributed by atoms with van der Waals surface area (Å²) in [5.74, 6) is 0.926. The van der Waals surface area contributed by atoms with E-state index < -0.39 is 0 Å². The summed E-state index contributed by atoms with van der Waals surface area (Å²) in [7, 11) is 1.79. The van der Waals surface area contributed by atoms with Gasteiger partial charge < -0.3 is 10.1 Å². The van der Waals surface area contributed by atoms with Gasteiger partial charge in [-0.3, -0.25) is 4.90 Å². The second-order valence-corrected chi connectivity index (χ2v) is 5.71. The zero-order chi connectivity index (χ0) is 11.6. The minimum Gasteiger partial charge on any atom is -0.385 e. The molecule has 0 aromatic heterocycles. The molecule has 2 aliphatic rings. The average Bonchev–Trinajstić information content (AvgIpc) is 3.07. The molecule has 0 spiro atoms. The lowest BCUT2D eigenvalue weighted by Crippen LogP contribution is -2.63. The van der Waals surface area contributed by atoms with Crippen LogP contribution in [0.4, 0.5) is 0 Å². The number of nitrogens with one attached hydrogen (secondary N) is 1. The van der Waals surface area contributed by atoms with Crippen LogP contribution in [-0.4, -0.2) is 49.8 Å². The van der Waals surface area contributed by atoms with Crippen molar-refractivity contribution < 1.29 is 4.74 Å². The van der Waals surface area contributed by atoms with Crippen LogP contribution in [0.3, 0.4) is 0 Å². The number of rotatable bonds is 5. The Morgan fingerprint density at radius 2 is 2.19 bits per heavy atom. The smallest absolute Gasteiger partial charge is 0.0474 e. The lowest BCUT2D eigenvalue weighted by atomic mass is 9.89. The highest BCUT2D eigenvalue weighted by atomic mass is 16.5. The van der Waals surface area contributed by atoms with Crippen molar-refractivity contribution >= 4 is 0 Å². The summed E-state index contributed by atoms with van der Waals surface area (Å²) < 4.78 is 5.16. The second-order valence-electron chi connectivity index (χ2n) is 5.71. The summed E-state index contributed by atoms with van der Waals surface area (Å²) in [6.45, 7) is 9.15. The van der Waals surface area contributed by atoms with Crippen LogP contribution >= 0.6 is 0 Å². The van der Waals surface area contributed by atoms with Crippen LogP contribution in [0.1, 0.15) is 33.1 Å². The van der Waals surface area contributed by atoms with Crippen molar-refractivity contribution in [3.05, 3.63) is 0 Å². The van der Waals surface area contributed by atoms with Gasteiger partial charge in [0, 0.05) is 44.9 Å². The fraction of sp³-hybridized carbons (Fsp3) is 1.00. The first-order valence-corrected chi connectivity index (χ1v) is 6.64. The molecule has 0 bridgehead atoms. The predicted octanol–water partition coefficient (Wildman–Crippen LogP) is 1.49. The quantitative estimate of drug-likeness (QED) is 0.719. The van der Waals surface area contributed by atoms with Crippen molar-refractivity contribution in [1.82, 2.24) is 10.2 Å². The molecule has 2 atom stereocenters. The topological polar surface area (TPSA) is 24.5 Å². The highest BCUT2D eigenvalue weighted by Crippen LogP contribution is 2.43. The van der Waals surface area contributed by atoms with Gasteiger partial charge in [-0.1, -0.05) is 0 Å². The third-order valence-electron chi connectivity index (χ3n) is 4.26. The molecule has 0 amide bonds. The Morgan fingerprint density at radius 1 is 1.44 bits per heavy atom. The van der Waals surface area contributed by atoms with Gasteiger partial charge in [-0.2, -0.15) is 0 Å². The van der Waals surface area contributed by atoms with Crippen LogP contribution < -0.4 is 5.32 Å². The predicted molar refractivity (Wildman–Crippen MR) is 66.7 cm³/mol. The van der Waals surface area contributed by atoms with Crippen LogP contribution in [0, 0.1) is 5.92 Å². The fourth-order valence-electron chi connectivity index (χ4n) is 2.95. The molecule has 1 aliphatic heterocycles. The first-order valence-electron chi connectivity index (χ1n) is 6.64. The fourth-order valence-corrected chi connectivity index (χ4v) is 2.95. The summed E-state index contributed by atoms with van der Waals surface area (Å²) in [5.41, 5.74) is 0.403. The normalized spacial score (nSPS) is 36.6. The number of piperazine rings is 1. The van der Waals surface area contributed by atoms with E-state index in [-0.39, 0.29) is 0 Å². The zero-order valence-corrected chi connectivity index (χ0v) is 11.0. The van der Waals surface area contributed by atoms with Gasteiger partial charge in [0.1, 0.15) is 0 Å². The maximum Gasteiger partial charge on any atom is 0.0474 e. The largest absolute Gasteiger partial charge is 0.385 e. The Balaban J connectivity index is 1.92. The number of ether oxygens (including phenoxy) is 1. The molecule has 94 valence electrons. The van der Waals surface area contributed by atoms with Gasteiger partial charge in [0.15, 0.2) is 0 Å². The molecule has 1 saturated heterocycles. The van der Waals surface area contributed by atoms with Crippen molar-refractivity contribution in [3.63, 3.8) is 0 Å². The van der Waals surface area contributed by atoms with Gasteiger partial charge in [-0.05, 0) is 39.0 Å². The van der Waals surface area contributed by atoms with E-state index in [4.69, 9.17) is 4.74 Å². The monoisotopic (exact) mass is 226 g/mol. The highest BCUT2D eigenvalue weighted by molar-refractivity contribution is 5.04. The summed E-state index contributed by atoms with van der Waals surface area (Å²) >= 11 is 0. The number of nitrogens with zero attached hydrogens (tertiary/aromatic N) is 1. The summed E-state index contributed by atoms with van der Waals surface area (Å²) in [5, 5.41) is 3.64. The van der Waals surface area contributed by atoms with Crippen LogP contribution in [0.25, 0.3) is 0 Å². The van der Waals surface area contributed by atoms with E-state index >= 15 is 0 Å². The molecule has 0 aromatic carbocycles. The van der Waals surface area contributed by atoms with Crippen molar-refractivity contribution in [3.8, 4) is 0 Å². The van der Waals surface area contributed by atoms with Crippen LogP contribution in [-0.2, 0) is 4.74 Å². The minimum absolute atomic E-state index is 0.403. The molecular weight excluding hydrogens is 200 g/mol. The lowest BCUT2D eigenvalue weighted by molar-refractivity contribution is 0.0312. The van der Waals surface area contributed by atoms with Gasteiger partial charge >= 0.3 is 0 Å². The molecule has 0 radical (unpaired) electrons. The molecule has 1 saturated carbocycles. The highest BCUT2D eigenvalue weighted by Gasteiger charge is 2.47. The van der Waals surface area contributed by atoms with Crippen molar-refractivity contribution in [2.75, 3.05) is 33.4 Å². The van der Waals surface area contributed by atoms with Gasteiger partial charge in [-0.15, -0.1) is 0 Å². The third kappa shape index (κ3) is 2.58. The van der Waals surface area contributed by atoms with Crippen molar-refractivity contribution in [2.24, 2.45) is 5.92 Å². The Labute approximate surface area is 99.5 Å². The number of hydrogen-bond acceptors (Lipinski definition) is 3. The standard InChI is InChI=1S/C13H26N2O/c1-11-9-15(7-4-8-16-3)13(2,10-14-11)12-5-6-12/h11-12,14H,4-10H2,1-3H3. The van der Waals surface area contributed by atoms with Crippen LogP contribution in [0.2, 0.25) is 0 Å². The molecular formula is C13H26N2O. The van der Waals surface area contributed by atoms with Gasteiger partial charge in [0.2, 0.25) is 0 Å².